The first-order valence-corrected chi connectivity index (χ1v) is 16.8. The molecule has 8 rings (SSSR count). The zero-order valence-electron chi connectivity index (χ0n) is 26.0. The van der Waals surface area contributed by atoms with Crippen LogP contribution < -0.4 is 5.32 Å². The molecule has 2 fully saturated rings. The van der Waals surface area contributed by atoms with Crippen LogP contribution in [0.4, 0.5) is 22.7 Å². The number of imidazole rings is 1. The highest BCUT2D eigenvalue weighted by Crippen LogP contribution is 2.48. The van der Waals surface area contributed by atoms with Gasteiger partial charge in [-0.1, -0.05) is 24.0 Å². The van der Waals surface area contributed by atoms with Crippen molar-refractivity contribution in [3.8, 4) is 11.8 Å². The molecule has 2 amide bonds. The Labute approximate surface area is 282 Å². The minimum atomic E-state index is -4.80. The fourth-order valence-corrected chi connectivity index (χ4v) is 8.19. The molecule has 252 valence electrons. The standard InChI is InChI=1S/C35H30F4N6O3S/c36-23-11-28-29(41-19-44(28)15-23)30(31(47)42-33-40-7-8-49-33)45-16-26-25(32(45)48)9-22(10-27(26)35(37,38)39)6-3-20-1-4-21(5-2-20)14-43-17-34(18-43)12-24(46)13-34/h1-2,4-5,7-10,19,23-24,30,46H,11-18H2,(H,40,42,47)/t23-,30?/m1/s1. The van der Waals surface area contributed by atoms with Crippen LogP contribution in [0.25, 0.3) is 0 Å². The summed E-state index contributed by atoms with van der Waals surface area (Å²) in [5, 5.41) is 14.1. The van der Waals surface area contributed by atoms with Crippen molar-refractivity contribution in [1.82, 2.24) is 24.3 Å². The van der Waals surface area contributed by atoms with Crippen LogP contribution in [0.3, 0.4) is 0 Å². The number of halogens is 4. The summed E-state index contributed by atoms with van der Waals surface area (Å²) in [7, 11) is 0. The minimum absolute atomic E-state index is 0.00542. The topological polar surface area (TPSA) is 104 Å². The van der Waals surface area contributed by atoms with Crippen LogP contribution in [-0.4, -0.2) is 66.6 Å². The van der Waals surface area contributed by atoms with Crippen molar-refractivity contribution in [2.24, 2.45) is 5.41 Å². The fraction of sp³-hybridized carbons (Fsp3) is 0.371. The van der Waals surface area contributed by atoms with Crippen molar-refractivity contribution in [3.63, 3.8) is 0 Å². The van der Waals surface area contributed by atoms with E-state index in [9.17, 15) is 32.3 Å². The molecule has 5 heterocycles. The molecule has 2 N–H and O–H groups in total. The van der Waals surface area contributed by atoms with Crippen molar-refractivity contribution >= 4 is 28.3 Å². The Morgan fingerprint density at radius 2 is 1.88 bits per heavy atom. The molecule has 1 aliphatic carbocycles. The van der Waals surface area contributed by atoms with Crippen molar-refractivity contribution in [2.75, 3.05) is 18.4 Å². The number of nitrogens with zero attached hydrogens (tertiary/aromatic N) is 5. The van der Waals surface area contributed by atoms with Crippen molar-refractivity contribution in [2.45, 2.75) is 63.4 Å². The second-order valence-electron chi connectivity index (χ2n) is 13.4. The van der Waals surface area contributed by atoms with Gasteiger partial charge in [0, 0.05) is 72.0 Å². The predicted octanol–water partition coefficient (Wildman–Crippen LogP) is 4.94. The molecule has 1 unspecified atom stereocenters. The summed E-state index contributed by atoms with van der Waals surface area (Å²) in [5.74, 6) is 4.22. The number of nitrogens with one attached hydrogen (secondary N) is 1. The van der Waals surface area contributed by atoms with E-state index >= 15 is 0 Å². The molecule has 14 heteroatoms. The van der Waals surface area contributed by atoms with E-state index in [0.717, 1.165) is 60.3 Å². The van der Waals surface area contributed by atoms with Gasteiger partial charge in [0.25, 0.3) is 11.8 Å². The van der Waals surface area contributed by atoms with E-state index in [-0.39, 0.29) is 52.0 Å². The lowest BCUT2D eigenvalue weighted by molar-refractivity contribution is -0.138. The number of carbonyl (C=O) groups is 2. The van der Waals surface area contributed by atoms with Crippen LogP contribution in [-0.2, 0) is 37.0 Å². The third-order valence-electron chi connectivity index (χ3n) is 9.81. The normalized spacial score (nSPS) is 20.3. The van der Waals surface area contributed by atoms with Crippen LogP contribution in [0.15, 0.2) is 54.3 Å². The molecule has 1 spiro atoms. The molecule has 1 saturated heterocycles. The van der Waals surface area contributed by atoms with E-state index in [1.165, 1.54) is 18.6 Å². The summed E-state index contributed by atoms with van der Waals surface area (Å²) >= 11 is 1.14. The number of rotatable bonds is 6. The molecule has 2 aromatic carbocycles. The van der Waals surface area contributed by atoms with Crippen LogP contribution >= 0.6 is 11.3 Å². The zero-order chi connectivity index (χ0) is 34.1. The maximum absolute atomic E-state index is 14.5. The third-order valence-corrected chi connectivity index (χ3v) is 10.5. The Hall–Kier alpha value is -4.58. The fourth-order valence-electron chi connectivity index (χ4n) is 7.66. The summed E-state index contributed by atoms with van der Waals surface area (Å²) in [6, 6.07) is 8.33. The summed E-state index contributed by atoms with van der Waals surface area (Å²) in [4.78, 5) is 39.4. The second kappa shape index (κ2) is 11.8. The first kappa shape index (κ1) is 31.7. The maximum Gasteiger partial charge on any atom is 0.416 e. The highest BCUT2D eigenvalue weighted by Gasteiger charge is 2.51. The Kier molecular flexibility index (Phi) is 7.62. The number of amides is 2. The number of anilines is 1. The minimum Gasteiger partial charge on any atom is -0.393 e. The van der Waals surface area contributed by atoms with Crippen molar-refractivity contribution < 1.29 is 32.3 Å². The summed E-state index contributed by atoms with van der Waals surface area (Å²) in [5.41, 5.74) is 1.01. The smallest absolute Gasteiger partial charge is 0.393 e. The molecule has 0 bridgehead atoms. The number of likely N-dealkylation sites (tertiary alicyclic amines) is 1. The van der Waals surface area contributed by atoms with E-state index in [1.807, 2.05) is 24.3 Å². The molecular weight excluding hydrogens is 660 g/mol. The van der Waals surface area contributed by atoms with Crippen LogP contribution in [0.5, 0.6) is 0 Å². The Balaban J connectivity index is 1.06. The average Bonchev–Trinajstić information content (AvgIpc) is 3.81. The highest BCUT2D eigenvalue weighted by atomic mass is 32.1. The molecule has 0 radical (unpaired) electrons. The number of fused-ring (bicyclic) bond motifs is 2. The predicted molar refractivity (Wildman–Crippen MR) is 171 cm³/mol. The molecule has 4 aromatic rings. The van der Waals surface area contributed by atoms with Gasteiger partial charge in [0.05, 0.1) is 30.2 Å². The van der Waals surface area contributed by atoms with Crippen LogP contribution in [0, 0.1) is 17.3 Å². The van der Waals surface area contributed by atoms with Gasteiger partial charge in [0.2, 0.25) is 0 Å². The van der Waals surface area contributed by atoms with E-state index < -0.39 is 42.3 Å². The van der Waals surface area contributed by atoms with Crippen molar-refractivity contribution in [1.29, 1.82) is 0 Å². The number of aromatic nitrogens is 3. The monoisotopic (exact) mass is 690 g/mol. The first-order valence-electron chi connectivity index (χ1n) is 15.9. The molecule has 1 saturated carbocycles. The van der Waals surface area contributed by atoms with E-state index in [2.05, 4.69) is 32.0 Å². The lowest BCUT2D eigenvalue weighted by Gasteiger charge is -2.58. The Morgan fingerprint density at radius 3 is 2.57 bits per heavy atom. The van der Waals surface area contributed by atoms with E-state index in [1.54, 1.807) is 9.95 Å². The highest BCUT2D eigenvalue weighted by molar-refractivity contribution is 7.13. The molecule has 49 heavy (non-hydrogen) atoms. The number of aliphatic hydroxyl groups excluding tert-OH is 1. The van der Waals surface area contributed by atoms with Gasteiger partial charge in [0.15, 0.2) is 11.2 Å². The zero-order valence-corrected chi connectivity index (χ0v) is 26.8. The van der Waals surface area contributed by atoms with Gasteiger partial charge in [-0.25, -0.2) is 14.4 Å². The molecule has 2 aromatic heterocycles. The lowest BCUT2D eigenvalue weighted by Crippen LogP contribution is -2.63. The van der Waals surface area contributed by atoms with Gasteiger partial charge in [0.1, 0.15) is 6.17 Å². The number of hydrogen-bond donors (Lipinski definition) is 2. The second-order valence-corrected chi connectivity index (χ2v) is 14.3. The number of thiazole rings is 1. The van der Waals surface area contributed by atoms with Gasteiger partial charge in [-0.05, 0) is 48.2 Å². The maximum atomic E-state index is 14.5. The quantitative estimate of drug-likeness (QED) is 0.220. The number of aliphatic hydroxyl groups is 1. The van der Waals surface area contributed by atoms with Crippen LogP contribution in [0.2, 0.25) is 0 Å². The molecular formula is C35H30F4N6O3S. The molecule has 9 nitrogen and oxygen atoms in total. The Morgan fingerprint density at radius 1 is 1.12 bits per heavy atom. The van der Waals surface area contributed by atoms with E-state index in [4.69, 9.17) is 0 Å². The largest absolute Gasteiger partial charge is 0.416 e. The van der Waals surface area contributed by atoms with Gasteiger partial charge in [-0.2, -0.15) is 13.2 Å². The number of benzene rings is 2. The van der Waals surface area contributed by atoms with Crippen molar-refractivity contribution in [3.05, 3.63) is 99.1 Å². The van der Waals surface area contributed by atoms with Gasteiger partial charge in [-0.15, -0.1) is 11.3 Å². The lowest BCUT2D eigenvalue weighted by atomic mass is 9.62. The molecule has 4 aliphatic rings. The van der Waals surface area contributed by atoms with Crippen LogP contribution in [0.1, 0.15) is 68.4 Å². The number of alkyl halides is 4. The third kappa shape index (κ3) is 5.89. The summed E-state index contributed by atoms with van der Waals surface area (Å²) in [6.45, 7) is 2.22. The van der Waals surface area contributed by atoms with Gasteiger partial charge < -0.3 is 14.6 Å². The average molecular weight is 691 g/mol. The summed E-state index contributed by atoms with van der Waals surface area (Å²) < 4.78 is 59.4. The van der Waals surface area contributed by atoms with Gasteiger partial charge >= 0.3 is 6.18 Å². The number of hydrogen-bond acceptors (Lipinski definition) is 7. The molecule has 2 atom stereocenters. The van der Waals surface area contributed by atoms with Gasteiger partial charge in [-0.3, -0.25) is 19.8 Å². The number of carbonyl (C=O) groups excluding carboxylic acids is 2. The molecule has 3 aliphatic heterocycles. The first-order chi connectivity index (χ1) is 23.4. The van der Waals surface area contributed by atoms with E-state index in [0.29, 0.717) is 11.3 Å². The summed E-state index contributed by atoms with van der Waals surface area (Å²) in [6.07, 6.45) is -1.66. The SMILES string of the molecule is O=C(Nc1nccs1)C(c1ncn2c1C[C@@H](F)C2)N1Cc2c(cc(C#Cc3ccc(CN4CC5(CC(O)C5)C4)cc3)cc2C(F)(F)F)C1=O. The Bertz CT molecular complexity index is 2000.